The lowest BCUT2D eigenvalue weighted by Crippen LogP contribution is -2.40. The first-order valence-electron chi connectivity index (χ1n) is 6.71. The van der Waals surface area contributed by atoms with Crippen LogP contribution in [0.2, 0.25) is 0 Å². The van der Waals surface area contributed by atoms with Crippen molar-refractivity contribution in [1.29, 1.82) is 0 Å². The molecule has 1 aromatic carbocycles. The number of hydrogen-bond acceptors (Lipinski definition) is 2. The monoisotopic (exact) mass is 246 g/mol. The summed E-state index contributed by atoms with van der Waals surface area (Å²) in [6.45, 7) is 5.86. The number of anilines is 1. The molecular formula is C15H22N2O. The van der Waals surface area contributed by atoms with Gasteiger partial charge in [-0.3, -0.25) is 4.79 Å². The van der Waals surface area contributed by atoms with Crippen LogP contribution in [-0.2, 0) is 10.2 Å². The molecular weight excluding hydrogens is 224 g/mol. The lowest BCUT2D eigenvalue weighted by Gasteiger charge is -2.22. The first-order valence-corrected chi connectivity index (χ1v) is 6.71. The van der Waals surface area contributed by atoms with Gasteiger partial charge in [0.2, 0.25) is 5.91 Å². The Labute approximate surface area is 109 Å². The number of carbonyl (C=O) groups is 1. The Kier molecular flexibility index (Phi) is 3.44. The molecule has 1 unspecified atom stereocenters. The Balaban J connectivity index is 0.000000574. The molecule has 0 radical (unpaired) electrons. The van der Waals surface area contributed by atoms with Crippen LogP contribution in [-0.4, -0.2) is 38.0 Å². The van der Waals surface area contributed by atoms with E-state index in [1.807, 2.05) is 44.0 Å². The molecule has 0 bridgehead atoms. The zero-order valence-electron chi connectivity index (χ0n) is 11.7. The van der Waals surface area contributed by atoms with E-state index in [4.69, 9.17) is 0 Å². The Bertz CT molecular complexity index is 458. The molecule has 18 heavy (non-hydrogen) atoms. The number of hydrogen-bond donors (Lipinski definition) is 0. The lowest BCUT2D eigenvalue weighted by molar-refractivity contribution is -0.122. The third-order valence-electron chi connectivity index (χ3n) is 3.96. The van der Waals surface area contributed by atoms with Gasteiger partial charge in [-0.1, -0.05) is 32.0 Å². The Morgan fingerprint density at radius 1 is 1.17 bits per heavy atom. The van der Waals surface area contributed by atoms with Crippen LogP contribution in [0.4, 0.5) is 5.69 Å². The second kappa shape index (κ2) is 4.73. The highest BCUT2D eigenvalue weighted by Crippen LogP contribution is 2.46. The van der Waals surface area contributed by atoms with E-state index in [0.717, 1.165) is 25.2 Å². The summed E-state index contributed by atoms with van der Waals surface area (Å²) in [5.41, 5.74) is 2.04. The van der Waals surface area contributed by atoms with Gasteiger partial charge >= 0.3 is 0 Å². The van der Waals surface area contributed by atoms with Gasteiger partial charge in [-0.05, 0) is 31.6 Å². The van der Waals surface area contributed by atoms with E-state index in [-0.39, 0.29) is 11.3 Å². The summed E-state index contributed by atoms with van der Waals surface area (Å²) in [5, 5.41) is 0. The van der Waals surface area contributed by atoms with Crippen molar-refractivity contribution in [2.24, 2.45) is 0 Å². The summed E-state index contributed by atoms with van der Waals surface area (Å²) < 4.78 is 0. The second-order valence-electron chi connectivity index (χ2n) is 4.95. The average Bonchev–Trinajstić information content (AvgIpc) is 2.90. The molecule has 1 aromatic rings. The number of amides is 1. The second-order valence-corrected chi connectivity index (χ2v) is 4.95. The van der Waals surface area contributed by atoms with Crippen molar-refractivity contribution in [2.45, 2.75) is 25.7 Å². The van der Waals surface area contributed by atoms with Crippen LogP contribution in [0.15, 0.2) is 24.3 Å². The maximum atomic E-state index is 12.4. The zero-order chi connectivity index (χ0) is 13.3. The predicted octanol–water partition coefficient (Wildman–Crippen LogP) is 2.26. The van der Waals surface area contributed by atoms with Crippen LogP contribution >= 0.6 is 0 Å². The van der Waals surface area contributed by atoms with Gasteiger partial charge in [-0.15, -0.1) is 0 Å². The van der Waals surface area contributed by atoms with Crippen LogP contribution in [0.3, 0.4) is 0 Å². The van der Waals surface area contributed by atoms with Crippen molar-refractivity contribution in [1.82, 2.24) is 4.90 Å². The molecule has 2 heterocycles. The maximum absolute atomic E-state index is 12.4. The van der Waals surface area contributed by atoms with Crippen molar-refractivity contribution >= 4 is 11.6 Å². The summed E-state index contributed by atoms with van der Waals surface area (Å²) in [6.07, 6.45) is 0.948. The molecule has 3 rings (SSSR count). The number of nitrogens with zero attached hydrogens (tertiary/aromatic N) is 2. The number of benzene rings is 1. The van der Waals surface area contributed by atoms with Crippen LogP contribution in [0.1, 0.15) is 25.8 Å². The molecule has 2 aliphatic rings. The first-order chi connectivity index (χ1) is 8.65. The summed E-state index contributed by atoms with van der Waals surface area (Å²) in [4.78, 5) is 16.5. The standard InChI is InChI=1S/C13H16N2O.C2H6/c1-14-8-7-13(9-14)10-5-3-4-6-11(10)15(2)12(13)16;1-2/h3-6H,7-9H2,1-2H3;1-2H3. The van der Waals surface area contributed by atoms with Gasteiger partial charge in [0, 0.05) is 19.3 Å². The molecule has 0 saturated carbocycles. The number of fused-ring (bicyclic) bond motifs is 2. The van der Waals surface area contributed by atoms with Crippen LogP contribution in [0, 0.1) is 0 Å². The quantitative estimate of drug-likeness (QED) is 0.701. The van der Waals surface area contributed by atoms with Crippen molar-refractivity contribution in [2.75, 3.05) is 32.1 Å². The summed E-state index contributed by atoms with van der Waals surface area (Å²) >= 11 is 0. The van der Waals surface area contributed by atoms with E-state index in [2.05, 4.69) is 18.0 Å². The largest absolute Gasteiger partial charge is 0.314 e. The molecule has 1 amide bonds. The minimum atomic E-state index is -0.264. The van der Waals surface area contributed by atoms with Crippen LogP contribution < -0.4 is 4.90 Å². The zero-order valence-corrected chi connectivity index (χ0v) is 11.7. The van der Waals surface area contributed by atoms with Gasteiger partial charge in [0.1, 0.15) is 0 Å². The average molecular weight is 246 g/mol. The molecule has 1 saturated heterocycles. The molecule has 0 aromatic heterocycles. The summed E-state index contributed by atoms with van der Waals surface area (Å²) in [7, 11) is 3.97. The van der Waals surface area contributed by atoms with Gasteiger partial charge in [0.25, 0.3) is 0 Å². The van der Waals surface area contributed by atoms with E-state index in [1.165, 1.54) is 5.56 Å². The highest BCUT2D eigenvalue weighted by Gasteiger charge is 2.52. The Morgan fingerprint density at radius 3 is 2.44 bits per heavy atom. The number of carbonyl (C=O) groups excluding carboxylic acids is 1. The normalized spacial score (nSPS) is 26.2. The van der Waals surface area contributed by atoms with Crippen molar-refractivity contribution in [3.8, 4) is 0 Å². The third-order valence-corrected chi connectivity index (χ3v) is 3.96. The maximum Gasteiger partial charge on any atom is 0.238 e. The minimum absolute atomic E-state index is 0.262. The molecule has 1 spiro atoms. The van der Waals surface area contributed by atoms with E-state index in [1.54, 1.807) is 0 Å². The molecule has 2 aliphatic heterocycles. The Morgan fingerprint density at radius 2 is 1.83 bits per heavy atom. The van der Waals surface area contributed by atoms with Crippen molar-refractivity contribution in [3.63, 3.8) is 0 Å². The molecule has 1 fully saturated rings. The highest BCUT2D eigenvalue weighted by atomic mass is 16.2. The van der Waals surface area contributed by atoms with E-state index in [9.17, 15) is 4.79 Å². The highest BCUT2D eigenvalue weighted by molar-refractivity contribution is 6.08. The van der Waals surface area contributed by atoms with E-state index >= 15 is 0 Å². The van der Waals surface area contributed by atoms with Gasteiger partial charge in [-0.25, -0.2) is 0 Å². The predicted molar refractivity (Wildman–Crippen MR) is 75.0 cm³/mol. The molecule has 3 nitrogen and oxygen atoms in total. The van der Waals surface area contributed by atoms with Gasteiger partial charge in [0.15, 0.2) is 0 Å². The topological polar surface area (TPSA) is 23.6 Å². The first kappa shape index (κ1) is 13.1. The smallest absolute Gasteiger partial charge is 0.238 e. The van der Waals surface area contributed by atoms with Gasteiger partial charge in [0.05, 0.1) is 5.41 Å². The minimum Gasteiger partial charge on any atom is -0.314 e. The fourth-order valence-electron chi connectivity index (χ4n) is 3.11. The van der Waals surface area contributed by atoms with Crippen molar-refractivity contribution in [3.05, 3.63) is 29.8 Å². The van der Waals surface area contributed by atoms with E-state index in [0.29, 0.717) is 0 Å². The molecule has 3 heteroatoms. The molecule has 1 atom stereocenters. The number of likely N-dealkylation sites (N-methyl/N-ethyl adjacent to an activating group) is 2. The summed E-state index contributed by atoms with van der Waals surface area (Å²) in [5.74, 6) is 0.262. The lowest BCUT2D eigenvalue weighted by atomic mass is 9.81. The molecule has 98 valence electrons. The third kappa shape index (κ3) is 1.65. The van der Waals surface area contributed by atoms with Crippen LogP contribution in [0.5, 0.6) is 0 Å². The number of para-hydroxylation sites is 1. The fraction of sp³-hybridized carbons (Fsp3) is 0.533. The SMILES string of the molecule is CC.CN1CCC2(C1)C(=O)N(C)c1ccccc12. The number of likely N-dealkylation sites (tertiary alicyclic amines) is 1. The number of rotatable bonds is 0. The summed E-state index contributed by atoms with van der Waals surface area (Å²) in [6, 6.07) is 8.18. The van der Waals surface area contributed by atoms with Crippen molar-refractivity contribution < 1.29 is 4.79 Å². The van der Waals surface area contributed by atoms with E-state index < -0.39 is 0 Å². The molecule has 0 N–H and O–H groups in total. The fourth-order valence-corrected chi connectivity index (χ4v) is 3.11. The Hall–Kier alpha value is -1.35. The van der Waals surface area contributed by atoms with Gasteiger partial charge in [-0.2, -0.15) is 0 Å². The van der Waals surface area contributed by atoms with Crippen LogP contribution in [0.25, 0.3) is 0 Å². The van der Waals surface area contributed by atoms with Gasteiger partial charge < -0.3 is 9.80 Å². The molecule has 0 aliphatic carbocycles.